The highest BCUT2D eigenvalue weighted by Crippen LogP contribution is 2.53. The Morgan fingerprint density at radius 3 is 1.22 bits per heavy atom. The molecule has 15 heterocycles. The maximum absolute atomic E-state index is 7.59. The van der Waals surface area contributed by atoms with Gasteiger partial charge in [-0.3, -0.25) is 26.9 Å². The van der Waals surface area contributed by atoms with Crippen molar-refractivity contribution in [3.8, 4) is 73.9 Å². The Bertz CT molecular complexity index is 11500. The third-order valence-electron chi connectivity index (χ3n) is 29.6. The molecule has 141 heavy (non-hydrogen) atoms. The van der Waals surface area contributed by atoms with Crippen molar-refractivity contribution in [3.63, 3.8) is 0 Å². The molecule has 0 spiro atoms. The fourth-order valence-corrected chi connectivity index (χ4v) is 23.6. The van der Waals surface area contributed by atoms with E-state index in [-0.39, 0.29) is 0 Å². The smallest absolute Gasteiger partial charge is 0.235 e. The van der Waals surface area contributed by atoms with Crippen LogP contribution >= 0.6 is 0 Å². The second-order valence-corrected chi connectivity index (χ2v) is 36.9. The Hall–Kier alpha value is -19.6. The molecule has 18 nitrogen and oxygen atoms in total. The van der Waals surface area contributed by atoms with Crippen molar-refractivity contribution < 1.29 is 13.3 Å². The standard InChI is InChI=1S/C123H65N15O3/c1-4-27-66(28-5-1)109-75-35-12-17-41-86(75)127-121(130-109)133-92-59-52-69(63-85(92)106-98(133)62-58-84-113-115(141-114(84)106)73-33-10-11-34-74(73)116-124-89-44-20-22-46-93(89)135(113)116)70-53-60-95-91(64-70)126-118-108-82(104-80-39-16-25-50-101(80)140-120(104)138(95)118)55-56-83-102-72(40-26-48-96(102)136(112(83)108)123-129-88-43-19-14-37-77(88)111(132-123)68-31-8-3-9-32-68)71-51-54-78-99(65-71)134(122-128-87-42-18-13-36-76(87)110(131-122)67-29-6-2-7-30-67)97-61-57-81-103-79-38-15-24-49-100(79)139-119(103)137-94-47-23-21-45-90(94)125-117(137)107(81)105(78)97/h1-65H. The van der Waals surface area contributed by atoms with E-state index in [9.17, 15) is 0 Å². The zero-order valence-corrected chi connectivity index (χ0v) is 74.5. The third-order valence-corrected chi connectivity index (χ3v) is 29.6. The fourth-order valence-electron chi connectivity index (χ4n) is 23.6. The van der Waals surface area contributed by atoms with Gasteiger partial charge < -0.3 is 13.3 Å². The Kier molecular flexibility index (Phi) is 14.6. The van der Waals surface area contributed by atoms with Crippen LogP contribution in [-0.2, 0) is 0 Å². The minimum atomic E-state index is 0.492. The number of aromatic nitrogens is 15. The summed E-state index contributed by atoms with van der Waals surface area (Å²) in [6, 6.07) is 139. The molecule has 0 bridgehead atoms. The van der Waals surface area contributed by atoms with Gasteiger partial charge in [-0.25, -0.2) is 44.9 Å². The summed E-state index contributed by atoms with van der Waals surface area (Å²) in [5, 5.41) is 19.3. The van der Waals surface area contributed by atoms with Crippen molar-refractivity contribution in [2.45, 2.75) is 0 Å². The summed E-state index contributed by atoms with van der Waals surface area (Å²) in [4.78, 5) is 51.0. The maximum Gasteiger partial charge on any atom is 0.235 e. The summed E-state index contributed by atoms with van der Waals surface area (Å²) < 4.78 is 35.4. The molecule has 0 amide bonds. The molecule has 18 heteroatoms. The van der Waals surface area contributed by atoms with E-state index in [1.807, 2.05) is 30.3 Å². The predicted molar refractivity (Wildman–Crippen MR) is 569 cm³/mol. The van der Waals surface area contributed by atoms with Crippen LogP contribution in [0.3, 0.4) is 0 Å². The minimum absolute atomic E-state index is 0.492. The average molecular weight is 1800 g/mol. The van der Waals surface area contributed by atoms with Gasteiger partial charge in [-0.05, 0) is 137 Å². The highest BCUT2D eigenvalue weighted by atomic mass is 16.3. The molecular weight excluding hydrogens is 1740 g/mol. The molecule has 18 aromatic carbocycles. The lowest BCUT2D eigenvalue weighted by atomic mass is 9.96. The number of para-hydroxylation sites is 9. The number of nitrogens with zero attached hydrogens (tertiary/aromatic N) is 15. The molecule has 0 aliphatic heterocycles. The number of hydrogen-bond donors (Lipinski definition) is 0. The average Bonchev–Trinajstić information content (AvgIpc) is 1.55. The molecule has 33 aromatic rings. The van der Waals surface area contributed by atoms with Crippen molar-refractivity contribution in [2.75, 3.05) is 0 Å². The molecule has 0 unspecified atom stereocenters. The van der Waals surface area contributed by atoms with Gasteiger partial charge in [0.25, 0.3) is 0 Å². The van der Waals surface area contributed by atoms with Crippen LogP contribution in [0.2, 0.25) is 0 Å². The number of imidazole rings is 3. The predicted octanol–water partition coefficient (Wildman–Crippen LogP) is 30.7. The number of hydrogen-bond acceptors (Lipinski definition) is 12. The fraction of sp³-hybridized carbons (Fsp3) is 0. The Morgan fingerprint density at radius 2 is 0.603 bits per heavy atom. The first-order valence-corrected chi connectivity index (χ1v) is 47.3. The van der Waals surface area contributed by atoms with Gasteiger partial charge in [0.2, 0.25) is 29.3 Å². The van der Waals surface area contributed by atoms with E-state index in [2.05, 4.69) is 391 Å². The van der Waals surface area contributed by atoms with Gasteiger partial charge in [0.05, 0.1) is 121 Å². The van der Waals surface area contributed by atoms with Crippen molar-refractivity contribution in [2.24, 2.45) is 0 Å². The summed E-state index contributed by atoms with van der Waals surface area (Å²) in [5.41, 5.74) is 30.1. The van der Waals surface area contributed by atoms with E-state index in [1.54, 1.807) is 0 Å². The first-order valence-electron chi connectivity index (χ1n) is 47.3. The van der Waals surface area contributed by atoms with Crippen molar-refractivity contribution >= 4 is 247 Å². The highest BCUT2D eigenvalue weighted by molar-refractivity contribution is 6.35. The van der Waals surface area contributed by atoms with Crippen LogP contribution in [0.1, 0.15) is 0 Å². The molecular formula is C123H65N15O3. The van der Waals surface area contributed by atoms with Gasteiger partial charge in [0.15, 0.2) is 11.2 Å². The lowest BCUT2D eigenvalue weighted by molar-refractivity contribution is 0.650. The first kappa shape index (κ1) is 74.8. The van der Waals surface area contributed by atoms with Crippen molar-refractivity contribution in [1.82, 2.24) is 71.8 Å². The number of benzene rings is 18. The van der Waals surface area contributed by atoms with Gasteiger partial charge in [0.1, 0.15) is 33.6 Å². The molecule has 0 saturated heterocycles. The molecule has 33 rings (SSSR count). The van der Waals surface area contributed by atoms with Crippen LogP contribution in [-0.4, -0.2) is 71.8 Å². The molecule has 0 saturated carbocycles. The SMILES string of the molecule is c1ccc(-c2nc(-n3c4ccc(-c5ccc6c(c5)nc5c7c(ccc8c9c(-c%10ccc%11c%12c%13c(ccc%12n(-c%12nc(-c%14ccccc%14)c%14ccccc%14n%12)c%11c%10)c%10c%11ccccc%11oc%10n%10c%11ccccc%11nc%13%10)cccc9n(-c9nc(-c%10ccccc%10)c%10ccccc%10n9)c87)c7c8ccccc8oc7n65)cc4c4c5oc6c7ccccc7c7nc8ccccc8n7c6c5ccc43)nc3ccccc23)cc1. The van der Waals surface area contributed by atoms with E-state index in [0.717, 1.165) is 291 Å². The molecule has 0 radical (unpaired) electrons. The monoisotopic (exact) mass is 1800 g/mol. The van der Waals surface area contributed by atoms with Gasteiger partial charge >= 0.3 is 0 Å². The lowest BCUT2D eigenvalue weighted by Crippen LogP contribution is -2.04. The number of fused-ring (bicyclic) bond motifs is 45. The quantitative estimate of drug-likeness (QED) is 0.140. The second-order valence-electron chi connectivity index (χ2n) is 36.9. The molecule has 15 aromatic heterocycles. The Morgan fingerprint density at radius 1 is 0.177 bits per heavy atom. The van der Waals surface area contributed by atoms with Gasteiger partial charge in [0, 0.05) is 97.5 Å². The minimum Gasteiger partial charge on any atom is -0.453 e. The lowest BCUT2D eigenvalue weighted by Gasteiger charge is -2.13. The van der Waals surface area contributed by atoms with Gasteiger partial charge in [-0.1, -0.05) is 285 Å². The van der Waals surface area contributed by atoms with E-state index in [1.165, 1.54) is 0 Å². The molecule has 0 atom stereocenters. The van der Waals surface area contributed by atoms with E-state index >= 15 is 0 Å². The number of furan rings is 3. The summed E-state index contributed by atoms with van der Waals surface area (Å²) in [7, 11) is 0. The Balaban J connectivity index is 0.657. The van der Waals surface area contributed by atoms with Crippen LogP contribution in [0.15, 0.2) is 408 Å². The van der Waals surface area contributed by atoms with Crippen molar-refractivity contribution in [3.05, 3.63) is 394 Å². The zero-order valence-electron chi connectivity index (χ0n) is 74.5. The highest BCUT2D eigenvalue weighted by Gasteiger charge is 2.33. The first-order chi connectivity index (χ1) is 69.9. The zero-order chi connectivity index (χ0) is 91.4. The van der Waals surface area contributed by atoms with E-state index < -0.39 is 0 Å². The van der Waals surface area contributed by atoms with Crippen LogP contribution in [0.5, 0.6) is 0 Å². The van der Waals surface area contributed by atoms with Crippen LogP contribution < -0.4 is 0 Å². The van der Waals surface area contributed by atoms with E-state index in [4.69, 9.17) is 58.1 Å². The molecule has 0 aliphatic rings. The molecule has 0 aliphatic carbocycles. The van der Waals surface area contributed by atoms with Crippen LogP contribution in [0.4, 0.5) is 0 Å². The number of pyridine rings is 3. The molecule has 0 N–H and O–H groups in total. The summed E-state index contributed by atoms with van der Waals surface area (Å²) in [5.74, 6) is 1.55. The number of rotatable bonds is 8. The maximum atomic E-state index is 7.59. The molecule has 650 valence electrons. The van der Waals surface area contributed by atoms with Crippen LogP contribution in [0.25, 0.3) is 321 Å². The summed E-state index contributed by atoms with van der Waals surface area (Å²) in [6.45, 7) is 0. The van der Waals surface area contributed by atoms with Crippen molar-refractivity contribution in [1.29, 1.82) is 0 Å². The van der Waals surface area contributed by atoms with Gasteiger partial charge in [-0.15, -0.1) is 0 Å². The summed E-state index contributed by atoms with van der Waals surface area (Å²) >= 11 is 0. The normalized spacial score (nSPS) is 12.5. The van der Waals surface area contributed by atoms with Gasteiger partial charge in [-0.2, -0.15) is 0 Å². The Labute approximate surface area is 794 Å². The molecule has 0 fully saturated rings. The largest absolute Gasteiger partial charge is 0.453 e. The summed E-state index contributed by atoms with van der Waals surface area (Å²) in [6.07, 6.45) is 0. The van der Waals surface area contributed by atoms with E-state index in [0.29, 0.717) is 29.2 Å². The second kappa shape index (κ2) is 27.6. The topological polar surface area (TPSA) is 183 Å². The van der Waals surface area contributed by atoms with Crippen LogP contribution in [0, 0.1) is 0 Å². The third kappa shape index (κ3) is 10.1.